The predicted molar refractivity (Wildman–Crippen MR) is 131 cm³/mol. The number of fused-ring (bicyclic) bond motifs is 1. The first-order valence-electron chi connectivity index (χ1n) is 10.7. The first-order valence-corrected chi connectivity index (χ1v) is 10.7. The van der Waals surface area contributed by atoms with Crippen LogP contribution in [0.4, 0.5) is 0 Å². The number of aryl methyl sites for hydroxylation is 1. The van der Waals surface area contributed by atoms with Crippen molar-refractivity contribution in [3.8, 4) is 5.75 Å². The summed E-state index contributed by atoms with van der Waals surface area (Å²) < 4.78 is 7.74. The lowest BCUT2D eigenvalue weighted by Crippen LogP contribution is -2.01. The molecule has 2 aromatic carbocycles. The molecule has 2 aromatic heterocycles. The van der Waals surface area contributed by atoms with Crippen molar-refractivity contribution < 1.29 is 14.3 Å². The lowest BCUT2D eigenvalue weighted by atomic mass is 10.1. The Morgan fingerprint density at radius 1 is 0.909 bits per heavy atom. The van der Waals surface area contributed by atoms with E-state index < -0.39 is 0 Å². The Hall–Kier alpha value is -4.25. The summed E-state index contributed by atoms with van der Waals surface area (Å²) in [6.07, 6.45) is 9.91. The van der Waals surface area contributed by atoms with Gasteiger partial charge in [0.2, 0.25) is 0 Å². The number of benzene rings is 2. The number of aromatic nitrogens is 2. The molecule has 4 rings (SSSR count). The van der Waals surface area contributed by atoms with Gasteiger partial charge in [0.05, 0.1) is 12.1 Å². The normalized spacial score (nSPS) is 11.4. The second-order valence-corrected chi connectivity index (χ2v) is 7.70. The van der Waals surface area contributed by atoms with Crippen LogP contribution in [0.3, 0.4) is 0 Å². The van der Waals surface area contributed by atoms with Crippen molar-refractivity contribution >= 4 is 34.6 Å². The molecule has 0 spiro atoms. The molecule has 4 aromatic rings. The fourth-order valence-electron chi connectivity index (χ4n) is 3.37. The summed E-state index contributed by atoms with van der Waals surface area (Å²) >= 11 is 0. The van der Waals surface area contributed by atoms with E-state index in [9.17, 15) is 9.59 Å². The van der Waals surface area contributed by atoms with E-state index in [-0.39, 0.29) is 18.0 Å². The van der Waals surface area contributed by atoms with Crippen LogP contribution in [-0.2, 0) is 23.2 Å². The number of carbonyl (C=O) groups excluding carboxylic acids is 2. The minimum Gasteiger partial charge on any atom is -0.487 e. The molecular weight excluding hydrogens is 412 g/mol. The van der Waals surface area contributed by atoms with E-state index in [1.165, 1.54) is 12.2 Å². The van der Waals surface area contributed by atoms with Gasteiger partial charge in [-0.05, 0) is 65.1 Å². The highest BCUT2D eigenvalue weighted by atomic mass is 16.5. The van der Waals surface area contributed by atoms with Gasteiger partial charge in [-0.25, -0.2) is 0 Å². The van der Waals surface area contributed by atoms with E-state index in [0.717, 1.165) is 33.5 Å². The van der Waals surface area contributed by atoms with Crippen molar-refractivity contribution in [3.63, 3.8) is 0 Å². The minimum absolute atomic E-state index is 0.162. The standard InChI is InChI=1S/C28H24N2O3/c1-30-17-15-23-10-5-22(18-28(23)30)7-12-26(32)19-25(31)11-6-21-8-13-27(14-9-21)33-20-24-4-2-3-16-29-24/h2-18H,19-20H2,1H3/b11-6+,12-7+. The lowest BCUT2D eigenvalue weighted by molar-refractivity contribution is -0.121. The zero-order chi connectivity index (χ0) is 23.0. The molecule has 2 heterocycles. The number of ether oxygens (including phenoxy) is 1. The molecule has 0 saturated carbocycles. The molecule has 164 valence electrons. The quantitative estimate of drug-likeness (QED) is 0.260. The Morgan fingerprint density at radius 2 is 1.64 bits per heavy atom. The number of nitrogens with zero attached hydrogens (tertiary/aromatic N) is 2. The van der Waals surface area contributed by atoms with Gasteiger partial charge in [-0.2, -0.15) is 0 Å². The molecule has 0 aliphatic rings. The fourth-order valence-corrected chi connectivity index (χ4v) is 3.37. The van der Waals surface area contributed by atoms with Gasteiger partial charge in [0.15, 0.2) is 11.6 Å². The zero-order valence-corrected chi connectivity index (χ0v) is 18.3. The van der Waals surface area contributed by atoms with Crippen molar-refractivity contribution in [3.05, 3.63) is 108 Å². The van der Waals surface area contributed by atoms with Crippen molar-refractivity contribution in [2.24, 2.45) is 7.05 Å². The van der Waals surface area contributed by atoms with Crippen LogP contribution in [0.1, 0.15) is 23.2 Å². The Labute approximate surface area is 192 Å². The molecule has 0 aliphatic carbocycles. The smallest absolute Gasteiger partial charge is 0.163 e. The molecule has 0 amide bonds. The van der Waals surface area contributed by atoms with E-state index >= 15 is 0 Å². The summed E-state index contributed by atoms with van der Waals surface area (Å²) in [5.74, 6) is 0.255. The third kappa shape index (κ3) is 6.14. The molecule has 0 unspecified atom stereocenters. The Morgan fingerprint density at radius 3 is 2.36 bits per heavy atom. The maximum atomic E-state index is 12.2. The van der Waals surface area contributed by atoms with Crippen LogP contribution in [0.5, 0.6) is 5.75 Å². The highest BCUT2D eigenvalue weighted by Crippen LogP contribution is 2.18. The third-order valence-corrected chi connectivity index (χ3v) is 5.18. The number of rotatable bonds is 9. The fraction of sp³-hybridized carbons (Fsp3) is 0.107. The van der Waals surface area contributed by atoms with E-state index in [1.54, 1.807) is 18.3 Å². The summed E-state index contributed by atoms with van der Waals surface area (Å²) in [7, 11) is 1.98. The molecule has 5 nitrogen and oxygen atoms in total. The van der Waals surface area contributed by atoms with Gasteiger partial charge >= 0.3 is 0 Å². The third-order valence-electron chi connectivity index (χ3n) is 5.18. The molecule has 0 N–H and O–H groups in total. The molecule has 0 bridgehead atoms. The van der Waals surface area contributed by atoms with Crippen LogP contribution >= 0.6 is 0 Å². The van der Waals surface area contributed by atoms with E-state index in [0.29, 0.717) is 6.61 Å². The van der Waals surface area contributed by atoms with Gasteiger partial charge in [-0.15, -0.1) is 0 Å². The lowest BCUT2D eigenvalue weighted by Gasteiger charge is -2.05. The largest absolute Gasteiger partial charge is 0.487 e. The van der Waals surface area contributed by atoms with E-state index in [1.807, 2.05) is 84.5 Å². The summed E-state index contributed by atoms with van der Waals surface area (Å²) in [5, 5.41) is 1.15. The Kier molecular flexibility index (Phi) is 6.90. The average Bonchev–Trinajstić information content (AvgIpc) is 3.21. The van der Waals surface area contributed by atoms with Gasteiger partial charge in [0.25, 0.3) is 0 Å². The van der Waals surface area contributed by atoms with Crippen LogP contribution in [0.15, 0.2) is 91.3 Å². The Balaban J connectivity index is 1.27. The van der Waals surface area contributed by atoms with Crippen molar-refractivity contribution in [2.75, 3.05) is 0 Å². The summed E-state index contributed by atoms with van der Waals surface area (Å²) in [5.41, 5.74) is 3.72. The van der Waals surface area contributed by atoms with Gasteiger partial charge in [-0.1, -0.05) is 42.5 Å². The number of carbonyl (C=O) groups is 2. The van der Waals surface area contributed by atoms with Crippen LogP contribution in [0.25, 0.3) is 23.1 Å². The molecule has 0 aliphatic heterocycles. The Bertz CT molecular complexity index is 1320. The SMILES string of the molecule is Cn1ccc2ccc(/C=C/C(=O)CC(=O)/C=C/c3ccc(OCc4ccccn4)cc3)cc21. The molecule has 0 saturated heterocycles. The molecule has 5 heteroatoms. The van der Waals surface area contributed by atoms with E-state index in [2.05, 4.69) is 4.98 Å². The highest BCUT2D eigenvalue weighted by Gasteiger charge is 2.04. The van der Waals surface area contributed by atoms with Crippen LogP contribution in [0.2, 0.25) is 0 Å². The topological polar surface area (TPSA) is 61.2 Å². The van der Waals surface area contributed by atoms with Gasteiger partial charge in [-0.3, -0.25) is 14.6 Å². The summed E-state index contributed by atoms with van der Waals surface area (Å²) in [4.78, 5) is 28.6. The van der Waals surface area contributed by atoms with Gasteiger partial charge in [0.1, 0.15) is 12.4 Å². The van der Waals surface area contributed by atoms with Crippen LogP contribution in [0, 0.1) is 0 Å². The van der Waals surface area contributed by atoms with Crippen molar-refractivity contribution in [1.29, 1.82) is 0 Å². The first-order chi connectivity index (χ1) is 16.1. The number of ketones is 2. The van der Waals surface area contributed by atoms with E-state index in [4.69, 9.17) is 4.74 Å². The molecule has 0 fully saturated rings. The van der Waals surface area contributed by atoms with Crippen LogP contribution < -0.4 is 4.74 Å². The highest BCUT2D eigenvalue weighted by molar-refractivity contribution is 6.11. The summed E-state index contributed by atoms with van der Waals surface area (Å²) in [6.45, 7) is 0.392. The molecule has 33 heavy (non-hydrogen) atoms. The van der Waals surface area contributed by atoms with Crippen molar-refractivity contribution in [2.45, 2.75) is 13.0 Å². The minimum atomic E-state index is -0.238. The maximum absolute atomic E-state index is 12.2. The maximum Gasteiger partial charge on any atom is 0.163 e. The number of allylic oxidation sites excluding steroid dienone is 2. The summed E-state index contributed by atoms with van der Waals surface area (Å²) in [6, 6.07) is 21.1. The predicted octanol–water partition coefficient (Wildman–Crippen LogP) is 5.41. The number of hydrogen-bond acceptors (Lipinski definition) is 4. The second-order valence-electron chi connectivity index (χ2n) is 7.70. The average molecular weight is 437 g/mol. The zero-order valence-electron chi connectivity index (χ0n) is 18.3. The van der Waals surface area contributed by atoms with Crippen LogP contribution in [-0.4, -0.2) is 21.1 Å². The first kappa shape index (κ1) is 22.0. The number of hydrogen-bond donors (Lipinski definition) is 0. The monoisotopic (exact) mass is 436 g/mol. The van der Waals surface area contributed by atoms with Gasteiger partial charge in [0, 0.05) is 25.0 Å². The molecule has 0 atom stereocenters. The second kappa shape index (κ2) is 10.4. The van der Waals surface area contributed by atoms with Crippen molar-refractivity contribution in [1.82, 2.24) is 9.55 Å². The molecular formula is C28H24N2O3. The number of pyridine rings is 1. The molecule has 0 radical (unpaired) electrons. The van der Waals surface area contributed by atoms with Gasteiger partial charge < -0.3 is 9.30 Å².